The number of imidazole rings is 1. The van der Waals surface area contributed by atoms with Crippen molar-refractivity contribution in [1.29, 1.82) is 0 Å². The van der Waals surface area contributed by atoms with E-state index < -0.39 is 0 Å². The van der Waals surface area contributed by atoms with Crippen LogP contribution in [0.4, 0.5) is 5.82 Å². The summed E-state index contributed by atoms with van der Waals surface area (Å²) in [7, 11) is 0. The summed E-state index contributed by atoms with van der Waals surface area (Å²) in [5.74, 6) is 0.894. The Hall–Kier alpha value is -3.22. The molecule has 4 heterocycles. The van der Waals surface area contributed by atoms with Crippen LogP contribution in [0.25, 0.3) is 11.0 Å². The molecule has 0 aliphatic carbocycles. The van der Waals surface area contributed by atoms with Crippen LogP contribution in [0.15, 0.2) is 49.4 Å². The lowest BCUT2D eigenvalue weighted by Gasteiger charge is -2.09. The summed E-state index contributed by atoms with van der Waals surface area (Å²) in [5.41, 5.74) is 4.37. The van der Waals surface area contributed by atoms with Gasteiger partial charge in [0.15, 0.2) is 0 Å². The van der Waals surface area contributed by atoms with Gasteiger partial charge in [-0.25, -0.2) is 15.0 Å². The highest BCUT2D eigenvalue weighted by atomic mass is 15.1. The SMILES string of the molecule is Cc1c(C)n(Cc2ccccn2)c2ncnc(NCCCn3ccnc3)c12. The molecule has 0 unspecified atom stereocenters. The Morgan fingerprint density at radius 1 is 1.07 bits per heavy atom. The fourth-order valence-corrected chi connectivity index (χ4v) is 3.34. The largest absolute Gasteiger partial charge is 0.369 e. The highest BCUT2D eigenvalue weighted by Crippen LogP contribution is 2.29. The molecule has 0 saturated carbocycles. The predicted molar refractivity (Wildman–Crippen MR) is 106 cm³/mol. The van der Waals surface area contributed by atoms with Gasteiger partial charge in [0.25, 0.3) is 0 Å². The maximum atomic E-state index is 4.56. The molecule has 0 aliphatic heterocycles. The van der Waals surface area contributed by atoms with E-state index in [9.17, 15) is 0 Å². The lowest BCUT2D eigenvalue weighted by Crippen LogP contribution is -2.08. The van der Waals surface area contributed by atoms with Crippen molar-refractivity contribution in [2.75, 3.05) is 11.9 Å². The van der Waals surface area contributed by atoms with E-state index in [0.29, 0.717) is 6.54 Å². The van der Waals surface area contributed by atoms with Gasteiger partial charge in [-0.2, -0.15) is 0 Å². The first-order chi connectivity index (χ1) is 13.2. The zero-order valence-corrected chi connectivity index (χ0v) is 15.6. The summed E-state index contributed by atoms with van der Waals surface area (Å²) < 4.78 is 4.29. The topological polar surface area (TPSA) is 73.5 Å². The molecule has 0 aromatic carbocycles. The van der Waals surface area contributed by atoms with Gasteiger partial charge in [-0.05, 0) is 38.0 Å². The molecule has 7 heteroatoms. The number of hydrogen-bond acceptors (Lipinski definition) is 5. The van der Waals surface area contributed by atoms with Crippen LogP contribution < -0.4 is 5.32 Å². The van der Waals surface area contributed by atoms with Gasteiger partial charge in [0.2, 0.25) is 0 Å². The van der Waals surface area contributed by atoms with Gasteiger partial charge in [0, 0.05) is 37.4 Å². The minimum absolute atomic E-state index is 0.702. The average Bonchev–Trinajstić information content (AvgIpc) is 3.30. The molecule has 138 valence electrons. The van der Waals surface area contributed by atoms with Gasteiger partial charge in [0.05, 0.1) is 24.0 Å². The first-order valence-electron chi connectivity index (χ1n) is 9.14. The Morgan fingerprint density at radius 2 is 2.00 bits per heavy atom. The number of nitrogens with one attached hydrogen (secondary N) is 1. The van der Waals surface area contributed by atoms with Gasteiger partial charge < -0.3 is 14.5 Å². The first-order valence-corrected chi connectivity index (χ1v) is 9.14. The molecule has 0 spiro atoms. The van der Waals surface area contributed by atoms with Crippen LogP contribution in [0.3, 0.4) is 0 Å². The van der Waals surface area contributed by atoms with E-state index in [2.05, 4.69) is 48.2 Å². The Morgan fingerprint density at radius 3 is 2.78 bits per heavy atom. The number of rotatable bonds is 7. The van der Waals surface area contributed by atoms with Crippen molar-refractivity contribution in [3.63, 3.8) is 0 Å². The van der Waals surface area contributed by atoms with Gasteiger partial charge in [0.1, 0.15) is 17.8 Å². The average molecular weight is 361 g/mol. The molecule has 0 radical (unpaired) electrons. The summed E-state index contributed by atoms with van der Waals surface area (Å²) in [4.78, 5) is 17.6. The summed E-state index contributed by atoms with van der Waals surface area (Å²) in [5, 5.41) is 4.57. The number of pyridine rings is 1. The molecule has 4 aromatic rings. The second-order valence-corrected chi connectivity index (χ2v) is 6.62. The second-order valence-electron chi connectivity index (χ2n) is 6.62. The van der Waals surface area contributed by atoms with Gasteiger partial charge in [-0.15, -0.1) is 0 Å². The number of fused-ring (bicyclic) bond motifs is 1. The van der Waals surface area contributed by atoms with E-state index >= 15 is 0 Å². The van der Waals surface area contributed by atoms with Crippen molar-refractivity contribution >= 4 is 16.9 Å². The second kappa shape index (κ2) is 7.57. The first kappa shape index (κ1) is 17.2. The summed E-state index contributed by atoms with van der Waals surface area (Å²) in [6.07, 6.45) is 10.1. The summed E-state index contributed by atoms with van der Waals surface area (Å²) in [6.45, 7) is 6.73. The molecule has 7 nitrogen and oxygen atoms in total. The van der Waals surface area contributed by atoms with E-state index in [0.717, 1.165) is 42.1 Å². The molecule has 27 heavy (non-hydrogen) atoms. The lowest BCUT2D eigenvalue weighted by molar-refractivity contribution is 0.660. The zero-order chi connectivity index (χ0) is 18.6. The molecule has 0 saturated heterocycles. The van der Waals surface area contributed by atoms with Crippen LogP contribution in [0.5, 0.6) is 0 Å². The smallest absolute Gasteiger partial charge is 0.146 e. The Balaban J connectivity index is 1.56. The summed E-state index contributed by atoms with van der Waals surface area (Å²) >= 11 is 0. The molecule has 4 rings (SSSR count). The van der Waals surface area contributed by atoms with E-state index in [1.165, 1.54) is 11.3 Å². The van der Waals surface area contributed by atoms with E-state index in [1.807, 2.05) is 36.9 Å². The minimum atomic E-state index is 0.702. The molecule has 0 amide bonds. The number of anilines is 1. The number of nitrogens with zero attached hydrogens (tertiary/aromatic N) is 6. The van der Waals surface area contributed by atoms with Crippen molar-refractivity contribution in [2.24, 2.45) is 0 Å². The standard InChI is InChI=1S/C20H23N7/c1-15-16(2)27(12-17-6-3-4-7-22-17)20-18(15)19(24-13-25-20)23-8-5-10-26-11-9-21-14-26/h3-4,6-7,9,11,13-14H,5,8,10,12H2,1-2H3,(H,23,24,25). The molecular formula is C20H23N7. The quantitative estimate of drug-likeness (QED) is 0.512. The van der Waals surface area contributed by atoms with Crippen molar-refractivity contribution < 1.29 is 0 Å². The van der Waals surface area contributed by atoms with Crippen LogP contribution in [0, 0.1) is 13.8 Å². The Kier molecular flexibility index (Phi) is 4.82. The third kappa shape index (κ3) is 3.53. The normalized spacial score (nSPS) is 11.2. The van der Waals surface area contributed by atoms with E-state index in [4.69, 9.17) is 0 Å². The third-order valence-corrected chi connectivity index (χ3v) is 4.90. The lowest BCUT2D eigenvalue weighted by atomic mass is 10.2. The van der Waals surface area contributed by atoms with Crippen LogP contribution in [0.2, 0.25) is 0 Å². The minimum Gasteiger partial charge on any atom is -0.369 e. The van der Waals surface area contributed by atoms with Crippen LogP contribution in [-0.4, -0.2) is 35.6 Å². The Bertz CT molecular complexity index is 1020. The fraction of sp³-hybridized carbons (Fsp3) is 0.300. The van der Waals surface area contributed by atoms with Gasteiger partial charge in [-0.1, -0.05) is 6.07 Å². The number of hydrogen-bond donors (Lipinski definition) is 1. The predicted octanol–water partition coefficient (Wildman–Crippen LogP) is 3.19. The molecule has 0 bridgehead atoms. The van der Waals surface area contributed by atoms with Crippen molar-refractivity contribution in [3.8, 4) is 0 Å². The molecule has 1 N–H and O–H groups in total. The highest BCUT2D eigenvalue weighted by molar-refractivity contribution is 5.91. The highest BCUT2D eigenvalue weighted by Gasteiger charge is 2.16. The van der Waals surface area contributed by atoms with Gasteiger partial charge in [-0.3, -0.25) is 4.98 Å². The Labute approximate surface area is 158 Å². The van der Waals surface area contributed by atoms with E-state index in [-0.39, 0.29) is 0 Å². The van der Waals surface area contributed by atoms with Crippen LogP contribution >= 0.6 is 0 Å². The number of aryl methyl sites for hydroxylation is 2. The van der Waals surface area contributed by atoms with E-state index in [1.54, 1.807) is 12.5 Å². The maximum absolute atomic E-state index is 4.56. The summed E-state index contributed by atoms with van der Waals surface area (Å²) in [6, 6.07) is 5.98. The molecule has 0 fully saturated rings. The van der Waals surface area contributed by atoms with Crippen molar-refractivity contribution in [1.82, 2.24) is 29.1 Å². The molecule has 0 atom stereocenters. The third-order valence-electron chi connectivity index (χ3n) is 4.90. The van der Waals surface area contributed by atoms with Gasteiger partial charge >= 0.3 is 0 Å². The van der Waals surface area contributed by atoms with Crippen molar-refractivity contribution in [3.05, 3.63) is 66.4 Å². The molecule has 0 aliphatic rings. The zero-order valence-electron chi connectivity index (χ0n) is 15.6. The molecular weight excluding hydrogens is 338 g/mol. The van der Waals surface area contributed by atoms with Crippen LogP contribution in [0.1, 0.15) is 23.4 Å². The maximum Gasteiger partial charge on any atom is 0.146 e. The van der Waals surface area contributed by atoms with Crippen molar-refractivity contribution in [2.45, 2.75) is 33.4 Å². The monoisotopic (exact) mass is 361 g/mol. The molecule has 4 aromatic heterocycles. The number of aromatic nitrogens is 6. The fourth-order valence-electron chi connectivity index (χ4n) is 3.34. The van der Waals surface area contributed by atoms with Crippen LogP contribution in [-0.2, 0) is 13.1 Å².